The van der Waals surface area contributed by atoms with Crippen molar-refractivity contribution in [3.63, 3.8) is 0 Å². The van der Waals surface area contributed by atoms with Crippen LogP contribution in [0.4, 0.5) is 28.4 Å². The van der Waals surface area contributed by atoms with Gasteiger partial charge in [0.05, 0.1) is 39.6 Å². The minimum absolute atomic E-state index is 0.0558. The molecule has 0 saturated carbocycles. The van der Waals surface area contributed by atoms with Crippen LogP contribution in [0.2, 0.25) is 0 Å². The molecule has 3 N–H and O–H groups in total. The van der Waals surface area contributed by atoms with Crippen molar-refractivity contribution in [2.45, 2.75) is 261 Å². The molecule has 11 aromatic carbocycles. The fourth-order valence-electron chi connectivity index (χ4n) is 20.2. The van der Waals surface area contributed by atoms with E-state index in [1.165, 1.54) is 40.7 Å². The number of hydrogen-bond acceptors (Lipinski definition) is 18. The number of benzene rings is 11. The molecular formula is C126H163Br2N11O10. The van der Waals surface area contributed by atoms with E-state index >= 15 is 0 Å². The molecule has 0 radical (unpaired) electrons. The van der Waals surface area contributed by atoms with E-state index in [0.717, 1.165) is 189 Å². The summed E-state index contributed by atoms with van der Waals surface area (Å²) in [5, 5.41) is 3.69. The molecule has 0 atom stereocenters. The Bertz CT molecular complexity index is 5750. The summed E-state index contributed by atoms with van der Waals surface area (Å²) in [6.45, 7) is 47.6. The van der Waals surface area contributed by atoms with Crippen LogP contribution in [0, 0.1) is 0 Å². The van der Waals surface area contributed by atoms with Gasteiger partial charge in [-0.2, -0.15) is 0 Å². The second kappa shape index (κ2) is 61.0. The second-order valence-corrected chi connectivity index (χ2v) is 43.2. The number of anilines is 5. The molecule has 18 rings (SSSR count). The Morgan fingerprint density at radius 1 is 0.342 bits per heavy atom. The van der Waals surface area contributed by atoms with Crippen molar-refractivity contribution in [1.82, 2.24) is 34.3 Å². The lowest BCUT2D eigenvalue weighted by Crippen LogP contribution is -2.43. The van der Waals surface area contributed by atoms with Crippen LogP contribution in [-0.4, -0.2) is 211 Å². The number of allylic oxidation sites excluding steroid dienone is 2. The van der Waals surface area contributed by atoms with Crippen LogP contribution < -0.4 is 20.9 Å². The summed E-state index contributed by atoms with van der Waals surface area (Å²) in [5.41, 5.74) is 24.2. The highest BCUT2D eigenvalue weighted by atomic mass is 79.9. The van der Waals surface area contributed by atoms with Gasteiger partial charge in [-0.25, -0.2) is 0 Å². The Balaban J connectivity index is 0.000000165. The van der Waals surface area contributed by atoms with Gasteiger partial charge < -0.3 is 64.0 Å². The first-order chi connectivity index (χ1) is 72.0. The highest BCUT2D eigenvalue weighted by Gasteiger charge is 2.33. The number of carbonyl (C=O) groups is 4. The zero-order valence-corrected chi connectivity index (χ0v) is 93.9. The van der Waals surface area contributed by atoms with Crippen LogP contribution in [-0.2, 0) is 54.6 Å². The zero-order chi connectivity index (χ0) is 106. The molecule has 0 unspecified atom stereocenters. The number of nitrogens with two attached hydrogens (primary N) is 1. The number of likely N-dealkylation sites (tertiary alicyclic amines) is 4. The highest BCUT2D eigenvalue weighted by molar-refractivity contribution is 9.10. The third-order valence-electron chi connectivity index (χ3n) is 27.8. The standard InChI is InChI=1S/C34H43N3O3.C32H39N3O2.C21H26N2O2.C13H18BrNO.C12H18N2.C9H9BrO2.C5H10/c1-25(2)36(26(3)4)33(38)28-13-15-30(16-14-28)37(32-12-8-11-29(23-32)34-39-21-22-40-34)31-17-19-35(20-18-31)24-27-9-6-5-7-10-27;1-24(2)34(25(3)4)32(37)28-13-15-29(16-14-28)35(31-12-8-11-27(21-31)23-36)30-17-19-33(20-18-30)22-26-9-6-5-7-10-26;1-2-5-17(6-3-1)16-23-11-9-19(10-12-23)22-20-8-4-7-18(15-20)21-24-13-14-25-21;1-9(2)15(10(3)4)13(16)11-5-7-12(14)8-6-11;13-12-6-8-14(9-7-12)10-11-4-2-1-3-5-11;10-8-3-1-2-7(6-8)9-11-4-5-12-9;1-4-5(2)3/h5-16,23,25-26,31,34H,17-22,24H2,1-4H3;5-16,21,23-25,30H,17-20,22H2,1-4H3;1-8,15,19,21-22H,9-14,16H2;5-10H,1-4H3;1-5,12H,6-10,13H2;1-3,6,9H,4-5H2;4H,1-3H3. The minimum Gasteiger partial charge on any atom is -0.382 e. The number of hydrogen-bond donors (Lipinski definition) is 2. The van der Waals surface area contributed by atoms with E-state index in [4.69, 9.17) is 34.2 Å². The lowest BCUT2D eigenvalue weighted by molar-refractivity contribution is -0.0443. The summed E-state index contributed by atoms with van der Waals surface area (Å²) in [6, 6.07) is 102. The number of piperidine rings is 4. The molecule has 796 valence electrons. The first kappa shape index (κ1) is 117. The maximum absolute atomic E-state index is 13.3. The lowest BCUT2D eigenvalue weighted by atomic mass is 9.99. The van der Waals surface area contributed by atoms with Crippen LogP contribution >= 0.6 is 31.9 Å². The van der Waals surface area contributed by atoms with Gasteiger partial charge in [0.2, 0.25) is 0 Å². The zero-order valence-electron chi connectivity index (χ0n) is 90.7. The molecule has 0 bridgehead atoms. The average molecular weight is 2150 g/mol. The summed E-state index contributed by atoms with van der Waals surface area (Å²) in [5.74, 6) is 0.229. The topological polar surface area (TPSA) is 191 Å². The van der Waals surface area contributed by atoms with E-state index in [1.54, 1.807) is 0 Å². The van der Waals surface area contributed by atoms with Crippen LogP contribution in [0.15, 0.2) is 312 Å². The van der Waals surface area contributed by atoms with Gasteiger partial charge in [0.15, 0.2) is 18.9 Å². The second-order valence-electron chi connectivity index (χ2n) is 41.4. The first-order valence-electron chi connectivity index (χ1n) is 53.9. The Kier molecular flexibility index (Phi) is 47.8. The molecule has 149 heavy (non-hydrogen) atoms. The van der Waals surface area contributed by atoms with Crippen LogP contribution in [0.5, 0.6) is 0 Å². The van der Waals surface area contributed by atoms with Gasteiger partial charge in [-0.1, -0.05) is 213 Å². The fraction of sp³-hybridized carbons (Fsp3) is 0.429. The van der Waals surface area contributed by atoms with Crippen LogP contribution in [0.25, 0.3) is 0 Å². The molecule has 21 nitrogen and oxygen atoms in total. The number of nitrogens with one attached hydrogen (secondary N) is 1. The molecule has 7 saturated heterocycles. The summed E-state index contributed by atoms with van der Waals surface area (Å²) in [4.78, 5) is 71.0. The molecule has 0 aliphatic carbocycles. The SMILES string of the molecule is Brc1cccc(C2OCCO2)c1.CC(C)N(C(=O)c1ccc(Br)cc1)C(C)C.CC(C)N(C(=O)c1ccc(N(c2cccc(C3OCCO3)c2)C2CCN(Cc3ccccc3)CC2)cc1)C(C)C.CC(C)N(C(=O)c1ccc(N(c2cccc(C=O)c2)C2CCN(Cc3ccccc3)CC2)cc1)C(C)C.CC=C(C)C.NC1CCN(Cc2ccccc2)CC1.c1ccc(CN2CCC(Nc3cccc(C4OCCO4)c3)CC2)cc1. The van der Waals surface area contributed by atoms with E-state index in [1.807, 2.05) is 140 Å². The number of amides is 3. The number of rotatable bonds is 29. The van der Waals surface area contributed by atoms with Gasteiger partial charge in [0.25, 0.3) is 17.7 Å². The van der Waals surface area contributed by atoms with Gasteiger partial charge in [-0.05, 0) is 312 Å². The van der Waals surface area contributed by atoms with Crippen molar-refractivity contribution in [1.29, 1.82) is 0 Å². The maximum Gasteiger partial charge on any atom is 0.254 e. The third kappa shape index (κ3) is 37.0. The molecule has 0 aromatic heterocycles. The molecule has 0 spiro atoms. The summed E-state index contributed by atoms with van der Waals surface area (Å²) in [7, 11) is 0. The van der Waals surface area contributed by atoms with Crippen molar-refractivity contribution in [3.8, 4) is 0 Å². The van der Waals surface area contributed by atoms with Crippen molar-refractivity contribution in [2.24, 2.45) is 5.73 Å². The Hall–Kier alpha value is -10.8. The molecule has 11 aromatic rings. The largest absolute Gasteiger partial charge is 0.382 e. The average Bonchev–Trinajstić information content (AvgIpc) is 0.887. The van der Waals surface area contributed by atoms with E-state index in [9.17, 15) is 19.2 Å². The van der Waals surface area contributed by atoms with E-state index < -0.39 is 0 Å². The van der Waals surface area contributed by atoms with Crippen molar-refractivity contribution in [2.75, 3.05) is 107 Å². The molecule has 7 fully saturated rings. The summed E-state index contributed by atoms with van der Waals surface area (Å²) < 4.78 is 35.6. The Morgan fingerprint density at radius 3 is 0.966 bits per heavy atom. The molecular weight excluding hydrogens is 1990 g/mol. The molecule has 7 heterocycles. The summed E-state index contributed by atoms with van der Waals surface area (Å²) >= 11 is 6.76. The normalized spacial score (nSPS) is 16.3. The predicted molar refractivity (Wildman–Crippen MR) is 615 cm³/mol. The molecule has 3 amide bonds. The van der Waals surface area contributed by atoms with Crippen molar-refractivity contribution in [3.05, 3.63) is 373 Å². The van der Waals surface area contributed by atoms with Crippen LogP contribution in [0.3, 0.4) is 0 Å². The lowest BCUT2D eigenvalue weighted by Gasteiger charge is -2.40. The highest BCUT2D eigenvalue weighted by Crippen LogP contribution is 2.39. The third-order valence-corrected chi connectivity index (χ3v) is 28.8. The van der Waals surface area contributed by atoms with E-state index in [0.29, 0.717) is 74.9 Å². The number of nitrogens with zero attached hydrogens (tertiary/aromatic N) is 9. The van der Waals surface area contributed by atoms with Gasteiger partial charge in [-0.3, -0.25) is 38.8 Å². The number of ether oxygens (including phenoxy) is 6. The first-order valence-corrected chi connectivity index (χ1v) is 55.5. The van der Waals surface area contributed by atoms with Crippen molar-refractivity contribution < 1.29 is 47.6 Å². The van der Waals surface area contributed by atoms with Gasteiger partial charge >= 0.3 is 0 Å². The maximum atomic E-state index is 13.3. The smallest absolute Gasteiger partial charge is 0.254 e. The predicted octanol–water partition coefficient (Wildman–Crippen LogP) is 26.9. The van der Waals surface area contributed by atoms with E-state index in [2.05, 4.69) is 342 Å². The monoisotopic (exact) mass is 2150 g/mol. The molecule has 23 heteroatoms. The Labute approximate surface area is 906 Å². The summed E-state index contributed by atoms with van der Waals surface area (Å²) in [6.07, 6.45) is 11.1. The molecule has 7 aliphatic heterocycles. The van der Waals surface area contributed by atoms with E-state index in [-0.39, 0.29) is 72.8 Å². The van der Waals surface area contributed by atoms with Gasteiger partial charge in [0, 0.05) is 202 Å². The van der Waals surface area contributed by atoms with Gasteiger partial charge in [0.1, 0.15) is 6.29 Å². The van der Waals surface area contributed by atoms with Gasteiger partial charge in [-0.15, -0.1) is 0 Å². The number of halogens is 2. The van der Waals surface area contributed by atoms with Crippen LogP contribution in [0.1, 0.15) is 254 Å². The quantitative estimate of drug-likeness (QED) is 0.0332. The Morgan fingerprint density at radius 2 is 0.638 bits per heavy atom. The minimum atomic E-state index is -0.312. The molecule has 7 aliphatic rings. The number of aldehydes is 1. The fourth-order valence-corrected chi connectivity index (χ4v) is 20.9. The van der Waals surface area contributed by atoms with Crippen molar-refractivity contribution >= 4 is 84.3 Å². The number of carbonyl (C=O) groups excluding carboxylic acids is 4.